The zero-order chi connectivity index (χ0) is 69.7. The number of aliphatic hydroxyl groups is 1. The van der Waals surface area contributed by atoms with Gasteiger partial charge in [0.2, 0.25) is 0 Å². The van der Waals surface area contributed by atoms with Crippen LogP contribution in [0.4, 0.5) is 0 Å². The minimum absolute atomic E-state index is 0.107. The summed E-state index contributed by atoms with van der Waals surface area (Å²) in [7, 11) is -9.90. The maximum absolute atomic E-state index is 13.1. The number of unbranched alkanes of at least 4 members (excludes halogenated alkanes) is 51. The molecule has 0 saturated heterocycles. The second-order valence-corrected chi connectivity index (χ2v) is 30.3. The van der Waals surface area contributed by atoms with Gasteiger partial charge in [0.15, 0.2) is 12.2 Å². The molecule has 95 heavy (non-hydrogen) atoms. The number of ether oxygens (including phenoxy) is 4. The summed E-state index contributed by atoms with van der Waals surface area (Å²) in [6.45, 7) is 4.94. The van der Waals surface area contributed by atoms with Crippen LogP contribution in [0.3, 0.4) is 0 Å². The van der Waals surface area contributed by atoms with Crippen LogP contribution in [-0.2, 0) is 65.4 Å². The van der Waals surface area contributed by atoms with E-state index in [1.807, 2.05) is 0 Å². The van der Waals surface area contributed by atoms with Gasteiger partial charge in [-0.05, 0) is 25.7 Å². The molecule has 0 aromatic rings. The molecule has 0 bridgehead atoms. The van der Waals surface area contributed by atoms with Gasteiger partial charge in [-0.1, -0.05) is 355 Å². The van der Waals surface area contributed by atoms with E-state index in [1.165, 1.54) is 225 Å². The van der Waals surface area contributed by atoms with Gasteiger partial charge in [0.1, 0.15) is 19.3 Å². The van der Waals surface area contributed by atoms with Crippen LogP contribution in [0.2, 0.25) is 0 Å². The third kappa shape index (κ3) is 70.3. The molecule has 0 aliphatic rings. The zero-order valence-corrected chi connectivity index (χ0v) is 63.4. The second kappa shape index (κ2) is 70.5. The molecule has 0 spiro atoms. The van der Waals surface area contributed by atoms with Crippen LogP contribution < -0.4 is 0 Å². The van der Waals surface area contributed by atoms with E-state index < -0.39 is 97.5 Å². The first-order valence-corrected chi connectivity index (χ1v) is 42.8. The monoisotopic (exact) mass is 1400 g/mol. The first-order chi connectivity index (χ1) is 46.2. The van der Waals surface area contributed by atoms with Crippen LogP contribution >= 0.6 is 15.6 Å². The lowest BCUT2D eigenvalue weighted by atomic mass is 10.0. The number of esters is 4. The Morgan fingerprint density at radius 2 is 0.421 bits per heavy atom. The molecule has 564 valence electrons. The topological polar surface area (TPSA) is 237 Å². The van der Waals surface area contributed by atoms with E-state index in [9.17, 15) is 43.2 Å². The summed E-state index contributed by atoms with van der Waals surface area (Å²) in [5.41, 5.74) is 0. The molecule has 0 rings (SSSR count). The Morgan fingerprint density at radius 1 is 0.253 bits per heavy atom. The number of carbonyl (C=O) groups excluding carboxylic acids is 4. The highest BCUT2D eigenvalue weighted by atomic mass is 31.2. The molecule has 0 aromatic carbocycles. The molecule has 0 aromatic heterocycles. The predicted octanol–water partition coefficient (Wildman–Crippen LogP) is 22.6. The van der Waals surface area contributed by atoms with Gasteiger partial charge in [0, 0.05) is 25.7 Å². The molecule has 2 unspecified atom stereocenters. The molecule has 0 radical (unpaired) electrons. The summed E-state index contributed by atoms with van der Waals surface area (Å²) >= 11 is 0. The Balaban J connectivity index is 5.17. The van der Waals surface area contributed by atoms with Gasteiger partial charge >= 0.3 is 39.5 Å². The third-order valence-electron chi connectivity index (χ3n) is 17.9. The molecule has 5 atom stereocenters. The van der Waals surface area contributed by atoms with Crippen molar-refractivity contribution in [1.29, 1.82) is 0 Å². The molecule has 0 amide bonds. The average molecular weight is 1400 g/mol. The van der Waals surface area contributed by atoms with Gasteiger partial charge in [0.05, 0.1) is 26.4 Å². The van der Waals surface area contributed by atoms with Gasteiger partial charge in [0.25, 0.3) is 0 Å². The molecule has 0 saturated carbocycles. The second-order valence-electron chi connectivity index (χ2n) is 27.4. The molecular weight excluding hydrogens is 1250 g/mol. The lowest BCUT2D eigenvalue weighted by molar-refractivity contribution is -0.161. The van der Waals surface area contributed by atoms with Crippen molar-refractivity contribution >= 4 is 39.5 Å². The van der Waals surface area contributed by atoms with Gasteiger partial charge in [-0.2, -0.15) is 0 Å². The fraction of sp³-hybridized carbons (Fsp3) is 0.947. The summed E-state index contributed by atoms with van der Waals surface area (Å²) in [5, 5.41) is 10.6. The van der Waals surface area contributed by atoms with Crippen LogP contribution in [0.1, 0.15) is 407 Å². The fourth-order valence-corrected chi connectivity index (χ4v) is 13.3. The van der Waals surface area contributed by atoms with Crippen molar-refractivity contribution in [3.63, 3.8) is 0 Å². The molecule has 17 nitrogen and oxygen atoms in total. The van der Waals surface area contributed by atoms with Crippen LogP contribution in [0, 0.1) is 0 Å². The highest BCUT2D eigenvalue weighted by Gasteiger charge is 2.30. The van der Waals surface area contributed by atoms with Crippen molar-refractivity contribution < 1.29 is 80.2 Å². The number of phosphoric acid groups is 2. The van der Waals surface area contributed by atoms with Gasteiger partial charge < -0.3 is 33.8 Å². The standard InChI is InChI=1S/C76H148O17P2/c1-5-9-13-17-21-24-27-29-31-33-35-37-39-41-44-47-51-55-59-63-76(81)93-72(67-87-74(79)61-57-53-49-45-43-40-38-36-34-32-30-28-25-22-18-14-10-6-2)69-91-95(84,85)89-65-70(77)64-88-94(82,83)90-68-71(66-86-73(78)60-56-52-48-20-16-12-8-4)92-75(80)62-58-54-50-46-42-26-23-19-15-11-7-3/h70-72,77H,5-69H2,1-4H3,(H,82,83)(H,84,85)/t70-,71+,72+/m0/s1. The maximum Gasteiger partial charge on any atom is 0.472 e. The van der Waals surface area contributed by atoms with E-state index >= 15 is 0 Å². The van der Waals surface area contributed by atoms with Crippen molar-refractivity contribution in [2.75, 3.05) is 39.6 Å². The number of hydrogen-bond acceptors (Lipinski definition) is 15. The fourth-order valence-electron chi connectivity index (χ4n) is 11.8. The van der Waals surface area contributed by atoms with Crippen molar-refractivity contribution in [2.24, 2.45) is 0 Å². The molecule has 3 N–H and O–H groups in total. The largest absolute Gasteiger partial charge is 0.472 e. The molecule has 0 heterocycles. The van der Waals surface area contributed by atoms with E-state index in [-0.39, 0.29) is 25.7 Å². The van der Waals surface area contributed by atoms with Crippen molar-refractivity contribution in [3.8, 4) is 0 Å². The molecule has 19 heteroatoms. The Morgan fingerprint density at radius 3 is 0.621 bits per heavy atom. The third-order valence-corrected chi connectivity index (χ3v) is 19.8. The van der Waals surface area contributed by atoms with Crippen molar-refractivity contribution in [2.45, 2.75) is 425 Å². The molecule has 0 aliphatic carbocycles. The maximum atomic E-state index is 13.1. The number of hydrogen-bond donors (Lipinski definition) is 3. The first kappa shape index (κ1) is 93.1. The van der Waals surface area contributed by atoms with Crippen molar-refractivity contribution in [1.82, 2.24) is 0 Å². The van der Waals surface area contributed by atoms with Crippen LogP contribution in [0.25, 0.3) is 0 Å². The minimum atomic E-state index is -4.96. The highest BCUT2D eigenvalue weighted by molar-refractivity contribution is 7.47. The molecular formula is C76H148O17P2. The lowest BCUT2D eigenvalue weighted by Crippen LogP contribution is -2.30. The quantitative estimate of drug-likeness (QED) is 0.0222. The number of aliphatic hydroxyl groups excluding tert-OH is 1. The Kier molecular flexibility index (Phi) is 69.1. The number of phosphoric ester groups is 2. The average Bonchev–Trinajstić information content (AvgIpc) is 1.60. The number of carbonyl (C=O) groups is 4. The van der Waals surface area contributed by atoms with E-state index in [0.717, 1.165) is 103 Å². The predicted molar refractivity (Wildman–Crippen MR) is 386 cm³/mol. The van der Waals surface area contributed by atoms with Gasteiger partial charge in [-0.15, -0.1) is 0 Å². The minimum Gasteiger partial charge on any atom is -0.462 e. The summed E-state index contributed by atoms with van der Waals surface area (Å²) in [4.78, 5) is 72.6. The van der Waals surface area contributed by atoms with E-state index in [4.69, 9.17) is 37.0 Å². The Hall–Kier alpha value is -1.94. The highest BCUT2D eigenvalue weighted by Crippen LogP contribution is 2.45. The van der Waals surface area contributed by atoms with E-state index in [0.29, 0.717) is 25.7 Å². The lowest BCUT2D eigenvalue weighted by Gasteiger charge is -2.21. The summed E-state index contributed by atoms with van der Waals surface area (Å²) < 4.78 is 68.4. The van der Waals surface area contributed by atoms with Crippen LogP contribution in [0.5, 0.6) is 0 Å². The van der Waals surface area contributed by atoms with Gasteiger partial charge in [-0.3, -0.25) is 37.3 Å². The first-order valence-electron chi connectivity index (χ1n) is 39.8. The van der Waals surface area contributed by atoms with E-state index in [2.05, 4.69) is 27.7 Å². The smallest absolute Gasteiger partial charge is 0.462 e. The molecule has 0 aliphatic heterocycles. The van der Waals surface area contributed by atoms with Crippen molar-refractivity contribution in [3.05, 3.63) is 0 Å². The Labute approximate surface area is 581 Å². The summed E-state index contributed by atoms with van der Waals surface area (Å²) in [6, 6.07) is 0. The van der Waals surface area contributed by atoms with Crippen LogP contribution in [-0.4, -0.2) is 96.7 Å². The summed E-state index contributed by atoms with van der Waals surface area (Å²) in [5.74, 6) is -2.12. The zero-order valence-electron chi connectivity index (χ0n) is 61.6. The summed E-state index contributed by atoms with van der Waals surface area (Å²) in [6.07, 6.45) is 61.2. The SMILES string of the molecule is CCCCCCCCCCCCCCCCCCCCCC(=O)O[C@H](COC(=O)CCCCCCCCCCCCCCCCCCCC)COP(=O)(O)OC[C@@H](O)COP(=O)(O)OC[C@@H](COC(=O)CCCCCCCCC)OC(=O)CCCCCCCCCCCCC. The Bertz CT molecular complexity index is 1810. The van der Waals surface area contributed by atoms with E-state index in [1.54, 1.807) is 0 Å². The normalized spacial score (nSPS) is 13.9. The number of rotatable bonds is 77. The molecule has 0 fully saturated rings. The van der Waals surface area contributed by atoms with Crippen LogP contribution in [0.15, 0.2) is 0 Å². The van der Waals surface area contributed by atoms with Gasteiger partial charge in [-0.25, -0.2) is 9.13 Å².